The number of anilines is 1. The Bertz CT molecular complexity index is 342. The summed E-state index contributed by atoms with van der Waals surface area (Å²) in [6.45, 7) is 1.76. The van der Waals surface area contributed by atoms with Crippen LogP contribution in [0.5, 0.6) is 0 Å². The highest BCUT2D eigenvalue weighted by Gasteiger charge is 2.40. The molecular formula is C9H10BrN3O. The second kappa shape index (κ2) is 3.17. The molecule has 2 saturated heterocycles. The summed E-state index contributed by atoms with van der Waals surface area (Å²) in [6.07, 6.45) is 5.09. The van der Waals surface area contributed by atoms with E-state index in [0.29, 0.717) is 12.1 Å². The summed E-state index contributed by atoms with van der Waals surface area (Å²) in [5, 5.41) is 0. The second-order valence-electron chi connectivity index (χ2n) is 3.70. The Labute approximate surface area is 90.4 Å². The molecule has 3 rings (SSSR count). The van der Waals surface area contributed by atoms with Gasteiger partial charge in [-0.1, -0.05) is 0 Å². The number of morpholine rings is 1. The molecule has 1 aromatic heterocycles. The average Bonchev–Trinajstić information content (AvgIpc) is 2.80. The van der Waals surface area contributed by atoms with Crippen LogP contribution >= 0.6 is 15.9 Å². The van der Waals surface area contributed by atoms with E-state index in [-0.39, 0.29) is 0 Å². The number of aromatic nitrogens is 2. The number of rotatable bonds is 1. The van der Waals surface area contributed by atoms with Gasteiger partial charge < -0.3 is 9.64 Å². The number of fused-ring (bicyclic) bond motifs is 2. The SMILES string of the molecule is Brc1cnc(N2C[C@H]3C[C@H]2CO3)nc1. The van der Waals surface area contributed by atoms with Crippen molar-refractivity contribution >= 4 is 21.9 Å². The lowest BCUT2D eigenvalue weighted by Crippen LogP contribution is -2.38. The van der Waals surface area contributed by atoms with Crippen LogP contribution in [-0.4, -0.2) is 35.3 Å². The summed E-state index contributed by atoms with van der Waals surface area (Å²) < 4.78 is 6.44. The molecule has 3 heterocycles. The van der Waals surface area contributed by atoms with Gasteiger partial charge in [-0.15, -0.1) is 0 Å². The van der Waals surface area contributed by atoms with E-state index in [1.807, 2.05) is 0 Å². The first-order valence-electron chi connectivity index (χ1n) is 4.69. The van der Waals surface area contributed by atoms with E-state index >= 15 is 0 Å². The Balaban J connectivity index is 1.86. The average molecular weight is 256 g/mol. The van der Waals surface area contributed by atoms with Gasteiger partial charge >= 0.3 is 0 Å². The predicted molar refractivity (Wildman–Crippen MR) is 55.2 cm³/mol. The van der Waals surface area contributed by atoms with Crippen LogP contribution in [0.3, 0.4) is 0 Å². The quantitative estimate of drug-likeness (QED) is 0.757. The summed E-state index contributed by atoms with van der Waals surface area (Å²) in [5.74, 6) is 0.823. The Morgan fingerprint density at radius 2 is 2.21 bits per heavy atom. The zero-order chi connectivity index (χ0) is 9.54. The van der Waals surface area contributed by atoms with E-state index in [9.17, 15) is 0 Å². The van der Waals surface area contributed by atoms with Gasteiger partial charge in [-0.2, -0.15) is 0 Å². The topological polar surface area (TPSA) is 38.2 Å². The molecular weight excluding hydrogens is 246 g/mol. The zero-order valence-electron chi connectivity index (χ0n) is 7.56. The predicted octanol–water partition coefficient (Wildman–Crippen LogP) is 1.22. The first-order chi connectivity index (χ1) is 6.83. The minimum Gasteiger partial charge on any atom is -0.374 e. The van der Waals surface area contributed by atoms with Crippen molar-refractivity contribution in [2.45, 2.75) is 18.6 Å². The third-order valence-electron chi connectivity index (χ3n) is 2.76. The molecule has 0 unspecified atom stereocenters. The van der Waals surface area contributed by atoms with Crippen LogP contribution in [0.15, 0.2) is 16.9 Å². The van der Waals surface area contributed by atoms with E-state index in [4.69, 9.17) is 4.74 Å². The highest BCUT2D eigenvalue weighted by atomic mass is 79.9. The van der Waals surface area contributed by atoms with Crippen molar-refractivity contribution in [1.29, 1.82) is 0 Å². The van der Waals surface area contributed by atoms with Crippen molar-refractivity contribution in [1.82, 2.24) is 9.97 Å². The van der Waals surface area contributed by atoms with Crippen molar-refractivity contribution in [3.63, 3.8) is 0 Å². The zero-order valence-corrected chi connectivity index (χ0v) is 9.14. The van der Waals surface area contributed by atoms with Gasteiger partial charge in [0.1, 0.15) is 0 Å². The first-order valence-corrected chi connectivity index (χ1v) is 5.48. The van der Waals surface area contributed by atoms with Crippen LogP contribution in [-0.2, 0) is 4.74 Å². The molecule has 14 heavy (non-hydrogen) atoms. The summed E-state index contributed by atoms with van der Waals surface area (Å²) in [4.78, 5) is 10.8. The number of ether oxygens (including phenoxy) is 1. The van der Waals surface area contributed by atoms with E-state index in [2.05, 4.69) is 30.8 Å². The van der Waals surface area contributed by atoms with Crippen LogP contribution in [0.1, 0.15) is 6.42 Å². The molecule has 0 amide bonds. The molecule has 0 saturated carbocycles. The monoisotopic (exact) mass is 255 g/mol. The summed E-state index contributed by atoms with van der Waals surface area (Å²) in [7, 11) is 0. The normalized spacial score (nSPS) is 29.9. The molecule has 0 radical (unpaired) electrons. The van der Waals surface area contributed by atoms with Crippen molar-refractivity contribution in [2.24, 2.45) is 0 Å². The molecule has 0 aromatic carbocycles. The molecule has 2 bridgehead atoms. The highest BCUT2D eigenvalue weighted by molar-refractivity contribution is 9.10. The van der Waals surface area contributed by atoms with Crippen LogP contribution < -0.4 is 4.90 Å². The lowest BCUT2D eigenvalue weighted by molar-refractivity contribution is 0.0986. The lowest BCUT2D eigenvalue weighted by Gasteiger charge is -2.26. The Morgan fingerprint density at radius 1 is 1.43 bits per heavy atom. The number of hydrogen-bond acceptors (Lipinski definition) is 4. The van der Waals surface area contributed by atoms with Crippen LogP contribution in [0.2, 0.25) is 0 Å². The third-order valence-corrected chi connectivity index (χ3v) is 3.17. The Kier molecular flexibility index (Phi) is 1.95. The number of nitrogens with zero attached hydrogens (tertiary/aromatic N) is 3. The largest absolute Gasteiger partial charge is 0.374 e. The van der Waals surface area contributed by atoms with E-state index in [0.717, 1.165) is 30.0 Å². The summed E-state index contributed by atoms with van der Waals surface area (Å²) in [5.41, 5.74) is 0. The standard InChI is InChI=1S/C9H10BrN3O/c10-6-2-11-9(12-3-6)13-4-8-1-7(13)5-14-8/h2-3,7-8H,1,4-5H2/t7-,8+/m0/s1. The molecule has 2 aliphatic heterocycles. The Hall–Kier alpha value is -0.680. The van der Waals surface area contributed by atoms with Crippen molar-refractivity contribution in [3.8, 4) is 0 Å². The van der Waals surface area contributed by atoms with E-state index < -0.39 is 0 Å². The molecule has 0 spiro atoms. The third kappa shape index (κ3) is 1.31. The van der Waals surface area contributed by atoms with Gasteiger partial charge in [-0.05, 0) is 22.4 Å². The van der Waals surface area contributed by atoms with Crippen LogP contribution in [0.4, 0.5) is 5.95 Å². The number of hydrogen-bond donors (Lipinski definition) is 0. The second-order valence-corrected chi connectivity index (χ2v) is 4.61. The summed E-state index contributed by atoms with van der Waals surface area (Å²) >= 11 is 3.33. The van der Waals surface area contributed by atoms with Gasteiger partial charge in [0.2, 0.25) is 5.95 Å². The van der Waals surface area contributed by atoms with Crippen molar-refractivity contribution in [2.75, 3.05) is 18.1 Å². The van der Waals surface area contributed by atoms with E-state index in [1.54, 1.807) is 12.4 Å². The first kappa shape index (κ1) is 8.61. The maximum Gasteiger partial charge on any atom is 0.225 e. The maximum atomic E-state index is 5.52. The smallest absolute Gasteiger partial charge is 0.225 e. The van der Waals surface area contributed by atoms with Crippen LogP contribution in [0, 0.1) is 0 Å². The highest BCUT2D eigenvalue weighted by Crippen LogP contribution is 2.30. The van der Waals surface area contributed by atoms with Gasteiger partial charge in [-0.3, -0.25) is 0 Å². The summed E-state index contributed by atoms with van der Waals surface area (Å²) in [6, 6.07) is 0.487. The molecule has 4 nitrogen and oxygen atoms in total. The fourth-order valence-corrected chi connectivity index (χ4v) is 2.30. The van der Waals surface area contributed by atoms with Crippen LogP contribution in [0.25, 0.3) is 0 Å². The minimum absolute atomic E-state index is 0.396. The van der Waals surface area contributed by atoms with Gasteiger partial charge in [-0.25, -0.2) is 9.97 Å². The lowest BCUT2D eigenvalue weighted by atomic mass is 10.2. The number of halogens is 1. The molecule has 0 N–H and O–H groups in total. The fourth-order valence-electron chi connectivity index (χ4n) is 2.10. The van der Waals surface area contributed by atoms with Gasteiger partial charge in [0.15, 0.2) is 0 Å². The van der Waals surface area contributed by atoms with Gasteiger partial charge in [0.25, 0.3) is 0 Å². The minimum atomic E-state index is 0.396. The maximum absolute atomic E-state index is 5.52. The molecule has 5 heteroatoms. The molecule has 0 aliphatic carbocycles. The van der Waals surface area contributed by atoms with Gasteiger partial charge in [0.05, 0.1) is 23.2 Å². The molecule has 2 fully saturated rings. The van der Waals surface area contributed by atoms with Gasteiger partial charge in [0, 0.05) is 18.9 Å². The fraction of sp³-hybridized carbons (Fsp3) is 0.556. The molecule has 1 aromatic rings. The van der Waals surface area contributed by atoms with Crippen molar-refractivity contribution in [3.05, 3.63) is 16.9 Å². The Morgan fingerprint density at radius 3 is 2.79 bits per heavy atom. The van der Waals surface area contributed by atoms with E-state index in [1.165, 1.54) is 0 Å². The van der Waals surface area contributed by atoms with Crippen molar-refractivity contribution < 1.29 is 4.74 Å². The molecule has 74 valence electrons. The molecule has 2 atom stereocenters. The molecule has 2 aliphatic rings.